The SMILES string of the molecule is CCc1ccc(Cc2nnc(NC(=O)CCS(=O)(=O)c3ccc(OC)cc3)o2)cc1. The van der Waals surface area contributed by atoms with Crippen LogP contribution in [0.4, 0.5) is 6.01 Å². The highest BCUT2D eigenvalue weighted by atomic mass is 32.2. The molecule has 0 aliphatic heterocycles. The van der Waals surface area contributed by atoms with Gasteiger partial charge in [-0.1, -0.05) is 36.3 Å². The van der Waals surface area contributed by atoms with Crippen LogP contribution < -0.4 is 10.1 Å². The molecule has 1 amide bonds. The maximum absolute atomic E-state index is 12.4. The lowest BCUT2D eigenvalue weighted by Crippen LogP contribution is -2.17. The van der Waals surface area contributed by atoms with Crippen molar-refractivity contribution in [3.8, 4) is 5.75 Å². The van der Waals surface area contributed by atoms with Gasteiger partial charge in [-0.15, -0.1) is 5.10 Å². The second-order valence-electron chi connectivity index (χ2n) is 6.64. The number of sulfone groups is 1. The lowest BCUT2D eigenvalue weighted by Gasteiger charge is -2.05. The first-order valence-electron chi connectivity index (χ1n) is 9.46. The quantitative estimate of drug-likeness (QED) is 0.556. The summed E-state index contributed by atoms with van der Waals surface area (Å²) in [5.41, 5.74) is 2.25. The summed E-state index contributed by atoms with van der Waals surface area (Å²) in [6.07, 6.45) is 1.18. The van der Waals surface area contributed by atoms with Gasteiger partial charge in [-0.2, -0.15) is 0 Å². The van der Waals surface area contributed by atoms with Gasteiger partial charge in [-0.3, -0.25) is 10.1 Å². The van der Waals surface area contributed by atoms with Crippen LogP contribution in [0.1, 0.15) is 30.4 Å². The van der Waals surface area contributed by atoms with Crippen molar-refractivity contribution in [2.45, 2.75) is 31.1 Å². The third-order valence-electron chi connectivity index (χ3n) is 4.52. The van der Waals surface area contributed by atoms with E-state index in [1.54, 1.807) is 12.1 Å². The number of aryl methyl sites for hydroxylation is 1. The minimum Gasteiger partial charge on any atom is -0.497 e. The van der Waals surface area contributed by atoms with Gasteiger partial charge < -0.3 is 9.15 Å². The molecule has 158 valence electrons. The van der Waals surface area contributed by atoms with Crippen LogP contribution in [-0.4, -0.2) is 37.4 Å². The molecule has 0 aliphatic carbocycles. The molecule has 1 aromatic heterocycles. The predicted octanol–water partition coefficient (Wildman–Crippen LogP) is 3.03. The lowest BCUT2D eigenvalue weighted by atomic mass is 10.1. The summed E-state index contributed by atoms with van der Waals surface area (Å²) >= 11 is 0. The van der Waals surface area contributed by atoms with Crippen LogP contribution >= 0.6 is 0 Å². The summed E-state index contributed by atoms with van der Waals surface area (Å²) in [4.78, 5) is 12.2. The van der Waals surface area contributed by atoms with E-state index in [1.807, 2.05) is 24.3 Å². The molecule has 0 fully saturated rings. The maximum Gasteiger partial charge on any atom is 0.322 e. The third kappa shape index (κ3) is 5.66. The number of hydrogen-bond acceptors (Lipinski definition) is 7. The monoisotopic (exact) mass is 429 g/mol. The van der Waals surface area contributed by atoms with Gasteiger partial charge in [-0.05, 0) is 41.8 Å². The molecule has 3 aromatic rings. The Morgan fingerprint density at radius 2 is 1.70 bits per heavy atom. The molecular weight excluding hydrogens is 406 g/mol. The fourth-order valence-corrected chi connectivity index (χ4v) is 3.99. The Labute approximate surface area is 175 Å². The van der Waals surface area contributed by atoms with E-state index in [2.05, 4.69) is 22.4 Å². The molecule has 30 heavy (non-hydrogen) atoms. The average molecular weight is 429 g/mol. The first kappa shape index (κ1) is 21.5. The van der Waals surface area contributed by atoms with E-state index in [-0.39, 0.29) is 23.1 Å². The number of carbonyl (C=O) groups excluding carboxylic acids is 1. The van der Waals surface area contributed by atoms with Crippen molar-refractivity contribution in [2.75, 3.05) is 18.2 Å². The van der Waals surface area contributed by atoms with Gasteiger partial charge in [0.25, 0.3) is 0 Å². The number of benzene rings is 2. The van der Waals surface area contributed by atoms with Crippen LogP contribution in [0.3, 0.4) is 0 Å². The molecule has 0 unspecified atom stereocenters. The Morgan fingerprint density at radius 1 is 1.03 bits per heavy atom. The minimum atomic E-state index is -3.60. The van der Waals surface area contributed by atoms with Crippen LogP contribution in [0.25, 0.3) is 0 Å². The summed E-state index contributed by atoms with van der Waals surface area (Å²) in [5.74, 6) is 0.0610. The van der Waals surface area contributed by atoms with Crippen molar-refractivity contribution < 1.29 is 22.4 Å². The van der Waals surface area contributed by atoms with E-state index in [4.69, 9.17) is 9.15 Å². The number of carbonyl (C=O) groups is 1. The third-order valence-corrected chi connectivity index (χ3v) is 6.25. The van der Waals surface area contributed by atoms with Gasteiger partial charge in [0, 0.05) is 6.42 Å². The number of aromatic nitrogens is 2. The highest BCUT2D eigenvalue weighted by molar-refractivity contribution is 7.91. The van der Waals surface area contributed by atoms with Gasteiger partial charge in [0.2, 0.25) is 11.8 Å². The fraction of sp³-hybridized carbons (Fsp3) is 0.286. The summed E-state index contributed by atoms with van der Waals surface area (Å²) in [6.45, 7) is 2.09. The molecule has 0 bridgehead atoms. The van der Waals surface area contributed by atoms with Gasteiger partial charge >= 0.3 is 6.01 Å². The van der Waals surface area contributed by atoms with Crippen molar-refractivity contribution in [2.24, 2.45) is 0 Å². The van der Waals surface area contributed by atoms with Gasteiger partial charge in [0.1, 0.15) is 5.75 Å². The van der Waals surface area contributed by atoms with Crippen molar-refractivity contribution in [1.82, 2.24) is 10.2 Å². The van der Waals surface area contributed by atoms with E-state index < -0.39 is 15.7 Å². The number of hydrogen-bond donors (Lipinski definition) is 1. The van der Waals surface area contributed by atoms with Crippen LogP contribution in [0.15, 0.2) is 57.8 Å². The van der Waals surface area contributed by atoms with Crippen molar-refractivity contribution >= 4 is 21.8 Å². The molecule has 0 radical (unpaired) electrons. The molecule has 0 spiro atoms. The Balaban J connectivity index is 1.53. The maximum atomic E-state index is 12.4. The standard InChI is InChI=1S/C21H23N3O5S/c1-3-15-4-6-16(7-5-15)14-20-23-24-21(29-20)22-19(25)12-13-30(26,27)18-10-8-17(28-2)9-11-18/h4-11H,3,12-14H2,1-2H3,(H,22,24,25). The first-order valence-corrected chi connectivity index (χ1v) is 11.1. The topological polar surface area (TPSA) is 111 Å². The molecule has 1 heterocycles. The number of anilines is 1. The number of rotatable bonds is 9. The van der Waals surface area contributed by atoms with Gasteiger partial charge in [-0.25, -0.2) is 8.42 Å². The van der Waals surface area contributed by atoms with Crippen LogP contribution in [0.2, 0.25) is 0 Å². The molecule has 0 saturated heterocycles. The van der Waals surface area contributed by atoms with E-state index in [0.717, 1.165) is 12.0 Å². The fourth-order valence-electron chi connectivity index (χ4n) is 2.75. The summed E-state index contributed by atoms with van der Waals surface area (Å²) in [5, 5.41) is 10.2. The first-order chi connectivity index (χ1) is 14.4. The van der Waals surface area contributed by atoms with E-state index in [0.29, 0.717) is 18.1 Å². The van der Waals surface area contributed by atoms with Crippen molar-refractivity contribution in [3.05, 3.63) is 65.5 Å². The highest BCUT2D eigenvalue weighted by Gasteiger charge is 2.18. The molecule has 1 N–H and O–H groups in total. The van der Waals surface area contributed by atoms with Crippen LogP contribution in [0.5, 0.6) is 5.75 Å². The normalized spacial score (nSPS) is 11.3. The predicted molar refractivity (Wildman–Crippen MR) is 111 cm³/mol. The molecule has 0 saturated carbocycles. The zero-order valence-corrected chi connectivity index (χ0v) is 17.6. The average Bonchev–Trinajstić information content (AvgIpc) is 3.19. The van der Waals surface area contributed by atoms with Crippen LogP contribution in [0, 0.1) is 0 Å². The van der Waals surface area contributed by atoms with Gasteiger partial charge in [0.15, 0.2) is 9.84 Å². The second-order valence-corrected chi connectivity index (χ2v) is 8.75. The second kappa shape index (κ2) is 9.53. The number of nitrogens with one attached hydrogen (secondary N) is 1. The Bertz CT molecular complexity index is 1090. The Morgan fingerprint density at radius 3 is 2.33 bits per heavy atom. The zero-order valence-electron chi connectivity index (χ0n) is 16.8. The summed E-state index contributed by atoms with van der Waals surface area (Å²) < 4.78 is 35.2. The lowest BCUT2D eigenvalue weighted by molar-refractivity contribution is -0.116. The smallest absolute Gasteiger partial charge is 0.322 e. The molecular formula is C21H23N3O5S. The summed E-state index contributed by atoms with van der Waals surface area (Å²) in [7, 11) is -2.10. The molecule has 0 atom stereocenters. The van der Waals surface area contributed by atoms with E-state index in [9.17, 15) is 13.2 Å². The number of amides is 1. The number of nitrogens with zero attached hydrogens (tertiary/aromatic N) is 2. The van der Waals surface area contributed by atoms with Crippen molar-refractivity contribution in [1.29, 1.82) is 0 Å². The zero-order chi connectivity index (χ0) is 21.6. The summed E-state index contributed by atoms with van der Waals surface area (Å²) in [6, 6.07) is 14.0. The van der Waals surface area contributed by atoms with Gasteiger partial charge in [0.05, 0.1) is 24.2 Å². The molecule has 9 heteroatoms. The molecule has 8 nitrogen and oxygen atoms in total. The number of ether oxygens (including phenoxy) is 1. The minimum absolute atomic E-state index is 0.0537. The Kier molecular flexibility index (Phi) is 6.83. The van der Waals surface area contributed by atoms with Crippen LogP contribution in [-0.2, 0) is 27.5 Å². The molecule has 0 aliphatic rings. The molecule has 3 rings (SSSR count). The number of methoxy groups -OCH3 is 1. The Hall–Kier alpha value is -3.20. The van der Waals surface area contributed by atoms with Crippen molar-refractivity contribution in [3.63, 3.8) is 0 Å². The highest BCUT2D eigenvalue weighted by Crippen LogP contribution is 2.18. The van der Waals surface area contributed by atoms with E-state index in [1.165, 1.54) is 24.8 Å². The van der Waals surface area contributed by atoms with E-state index >= 15 is 0 Å². The molecule has 2 aromatic carbocycles. The largest absolute Gasteiger partial charge is 0.497 e.